The van der Waals surface area contributed by atoms with E-state index < -0.39 is 11.9 Å². The van der Waals surface area contributed by atoms with Gasteiger partial charge < -0.3 is 19.7 Å². The maximum absolute atomic E-state index is 11.3. The molecule has 0 radical (unpaired) electrons. The van der Waals surface area contributed by atoms with Gasteiger partial charge in [-0.05, 0) is 42.6 Å². The van der Waals surface area contributed by atoms with Gasteiger partial charge in [0.1, 0.15) is 0 Å². The Kier molecular flexibility index (Phi) is 5.57. The van der Waals surface area contributed by atoms with Gasteiger partial charge in [-0.2, -0.15) is 0 Å². The lowest BCUT2D eigenvalue weighted by Crippen LogP contribution is -2.61. The van der Waals surface area contributed by atoms with Gasteiger partial charge in [0.05, 0.1) is 19.3 Å². The summed E-state index contributed by atoms with van der Waals surface area (Å²) >= 11 is 0. The Hall–Kier alpha value is -0.860. The molecule has 26 heavy (non-hydrogen) atoms. The first-order chi connectivity index (χ1) is 12.4. The molecule has 0 aromatic rings. The van der Waals surface area contributed by atoms with Crippen LogP contribution in [-0.2, 0) is 9.47 Å². The smallest absolute Gasteiger partial charge is 0.172 e. The van der Waals surface area contributed by atoms with E-state index in [2.05, 4.69) is 39.2 Å². The summed E-state index contributed by atoms with van der Waals surface area (Å²) in [5.41, 5.74) is -0.439. The van der Waals surface area contributed by atoms with E-state index in [1.807, 2.05) is 0 Å². The molecule has 2 saturated carbocycles. The molecule has 4 heteroatoms. The number of hydrogen-bond donors (Lipinski definition) is 2. The lowest BCUT2D eigenvalue weighted by molar-refractivity contribution is -0.266. The fourth-order valence-corrected chi connectivity index (χ4v) is 6.29. The highest BCUT2D eigenvalue weighted by molar-refractivity contribution is 5.18. The zero-order valence-electron chi connectivity index (χ0n) is 16.5. The van der Waals surface area contributed by atoms with E-state index in [1.165, 1.54) is 0 Å². The summed E-state index contributed by atoms with van der Waals surface area (Å²) in [6.45, 7) is 11.6. The van der Waals surface area contributed by atoms with Gasteiger partial charge in [0.15, 0.2) is 5.79 Å². The van der Waals surface area contributed by atoms with Crippen LogP contribution in [0.4, 0.5) is 0 Å². The minimum atomic E-state index is -0.625. The SMILES string of the molecule is C=CC#CC[C@@H](O)[C@]1(C)[C@H](C)CC[C@@]2([C@H](C)CO)CCC3(OCCO3)[C@H]21. The lowest BCUT2D eigenvalue weighted by atomic mass is 9.47. The highest BCUT2D eigenvalue weighted by Crippen LogP contribution is 2.69. The summed E-state index contributed by atoms with van der Waals surface area (Å²) in [4.78, 5) is 0. The van der Waals surface area contributed by atoms with Crippen molar-refractivity contribution in [1.82, 2.24) is 0 Å². The minimum Gasteiger partial charge on any atom is -0.396 e. The summed E-state index contributed by atoms with van der Waals surface area (Å²) in [6.07, 6.45) is 5.33. The van der Waals surface area contributed by atoms with Crippen LogP contribution >= 0.6 is 0 Å². The van der Waals surface area contributed by atoms with E-state index >= 15 is 0 Å². The molecule has 1 aliphatic heterocycles. The van der Waals surface area contributed by atoms with Gasteiger partial charge in [0, 0.05) is 30.8 Å². The van der Waals surface area contributed by atoms with Gasteiger partial charge in [0.25, 0.3) is 0 Å². The zero-order valence-corrected chi connectivity index (χ0v) is 16.5. The van der Waals surface area contributed by atoms with E-state index in [1.54, 1.807) is 6.08 Å². The number of fused-ring (bicyclic) bond motifs is 2. The molecule has 2 aliphatic carbocycles. The standard InChI is InChI=1S/C22H34O4/c1-5-6-7-8-18(24)20(4)16(2)9-10-21(17(3)15-23)11-12-22(19(20)21)25-13-14-26-22/h5,16-19,23-24H,1,8-15H2,2-4H3/t16-,17-,18-,19+,20+,21+/m1/s1. The van der Waals surface area contributed by atoms with Gasteiger partial charge in [0.2, 0.25) is 0 Å². The van der Waals surface area contributed by atoms with E-state index in [4.69, 9.17) is 9.47 Å². The number of aliphatic hydroxyl groups is 2. The first-order valence-electron chi connectivity index (χ1n) is 10.0. The normalized spacial score (nSPS) is 40.5. The molecule has 1 spiro atoms. The van der Waals surface area contributed by atoms with Crippen molar-refractivity contribution in [3.63, 3.8) is 0 Å². The monoisotopic (exact) mass is 362 g/mol. The Bertz CT molecular complexity index is 585. The van der Waals surface area contributed by atoms with Crippen LogP contribution in [0.25, 0.3) is 0 Å². The fraction of sp³-hybridized carbons (Fsp3) is 0.818. The van der Waals surface area contributed by atoms with Gasteiger partial charge in [-0.25, -0.2) is 0 Å². The molecule has 0 unspecified atom stereocenters. The van der Waals surface area contributed by atoms with Crippen LogP contribution in [0, 0.1) is 40.4 Å². The average molecular weight is 363 g/mol. The molecule has 146 valence electrons. The number of rotatable bonds is 4. The van der Waals surface area contributed by atoms with Crippen molar-refractivity contribution in [3.05, 3.63) is 12.7 Å². The second-order valence-electron chi connectivity index (χ2n) is 8.81. The molecule has 3 fully saturated rings. The predicted molar refractivity (Wildman–Crippen MR) is 101 cm³/mol. The number of allylic oxidation sites excluding steroid dienone is 1. The summed E-state index contributed by atoms with van der Waals surface area (Å²) in [5.74, 6) is 5.82. The molecule has 0 amide bonds. The molecule has 0 aromatic heterocycles. The third-order valence-corrected chi connectivity index (χ3v) is 7.93. The summed E-state index contributed by atoms with van der Waals surface area (Å²) < 4.78 is 12.5. The van der Waals surface area contributed by atoms with Crippen molar-refractivity contribution in [2.75, 3.05) is 19.8 Å². The van der Waals surface area contributed by atoms with E-state index in [0.717, 1.165) is 25.7 Å². The van der Waals surface area contributed by atoms with Gasteiger partial charge in [-0.3, -0.25) is 0 Å². The summed E-state index contributed by atoms with van der Waals surface area (Å²) in [6, 6.07) is 0. The Balaban J connectivity index is 2.07. The Labute approximate surface area is 158 Å². The van der Waals surface area contributed by atoms with Crippen molar-refractivity contribution in [2.45, 2.75) is 64.8 Å². The quantitative estimate of drug-likeness (QED) is 0.755. The molecule has 4 nitrogen and oxygen atoms in total. The largest absolute Gasteiger partial charge is 0.396 e. The van der Waals surface area contributed by atoms with Crippen LogP contribution < -0.4 is 0 Å². The third kappa shape index (κ3) is 2.76. The highest BCUT2D eigenvalue weighted by Gasteiger charge is 2.70. The zero-order chi connectivity index (χ0) is 19.0. The minimum absolute atomic E-state index is 0.0523. The maximum atomic E-state index is 11.3. The van der Waals surface area contributed by atoms with Gasteiger partial charge >= 0.3 is 0 Å². The van der Waals surface area contributed by atoms with Gasteiger partial charge in [-0.15, -0.1) is 0 Å². The molecule has 0 bridgehead atoms. The highest BCUT2D eigenvalue weighted by atomic mass is 16.7. The van der Waals surface area contributed by atoms with E-state index in [9.17, 15) is 10.2 Å². The topological polar surface area (TPSA) is 58.9 Å². The van der Waals surface area contributed by atoms with Crippen molar-refractivity contribution in [1.29, 1.82) is 0 Å². The Morgan fingerprint density at radius 1 is 1.27 bits per heavy atom. The molecule has 0 aromatic carbocycles. The molecule has 6 atom stereocenters. The fourth-order valence-electron chi connectivity index (χ4n) is 6.29. The first kappa shape index (κ1) is 19.9. The number of hydrogen-bond acceptors (Lipinski definition) is 4. The Morgan fingerprint density at radius 2 is 1.96 bits per heavy atom. The molecule has 3 aliphatic rings. The summed E-state index contributed by atoms with van der Waals surface area (Å²) in [5, 5.41) is 21.3. The van der Waals surface area contributed by atoms with Crippen LogP contribution in [0.15, 0.2) is 12.7 Å². The second-order valence-corrected chi connectivity index (χ2v) is 8.81. The first-order valence-corrected chi connectivity index (χ1v) is 10.0. The Morgan fingerprint density at radius 3 is 2.58 bits per heavy atom. The predicted octanol–water partition coefficient (Wildman–Crippen LogP) is 3.13. The van der Waals surface area contributed by atoms with Crippen molar-refractivity contribution >= 4 is 0 Å². The average Bonchev–Trinajstić information content (AvgIpc) is 3.24. The molecule has 1 heterocycles. The molecular formula is C22H34O4. The summed E-state index contributed by atoms with van der Waals surface area (Å²) in [7, 11) is 0. The van der Waals surface area contributed by atoms with Crippen molar-refractivity contribution in [3.8, 4) is 11.8 Å². The number of ether oxygens (including phenoxy) is 2. The molecule has 1 saturated heterocycles. The molecular weight excluding hydrogens is 328 g/mol. The second kappa shape index (κ2) is 7.28. The lowest BCUT2D eigenvalue weighted by Gasteiger charge is -2.60. The van der Waals surface area contributed by atoms with Crippen LogP contribution in [-0.4, -0.2) is 41.9 Å². The molecule has 2 N–H and O–H groups in total. The van der Waals surface area contributed by atoms with Gasteiger partial charge in [-0.1, -0.05) is 39.2 Å². The van der Waals surface area contributed by atoms with Crippen molar-refractivity contribution < 1.29 is 19.7 Å². The van der Waals surface area contributed by atoms with Crippen LogP contribution in [0.2, 0.25) is 0 Å². The van der Waals surface area contributed by atoms with Crippen molar-refractivity contribution in [2.24, 2.45) is 28.6 Å². The third-order valence-electron chi connectivity index (χ3n) is 7.93. The van der Waals surface area contributed by atoms with E-state index in [-0.39, 0.29) is 29.3 Å². The van der Waals surface area contributed by atoms with Crippen LogP contribution in [0.5, 0.6) is 0 Å². The van der Waals surface area contributed by atoms with E-state index in [0.29, 0.717) is 25.6 Å². The van der Waals surface area contributed by atoms with Crippen LogP contribution in [0.1, 0.15) is 52.9 Å². The number of aliphatic hydroxyl groups excluding tert-OH is 2. The maximum Gasteiger partial charge on any atom is 0.172 e. The molecule has 3 rings (SSSR count). The van der Waals surface area contributed by atoms with Crippen LogP contribution in [0.3, 0.4) is 0 Å².